The number of nitrogens with one attached hydrogen (secondary N) is 2. The summed E-state index contributed by atoms with van der Waals surface area (Å²) in [5.74, 6) is -1.20. The molecular weight excluding hydrogens is 538 g/mol. The molecule has 2 aromatic rings. The lowest BCUT2D eigenvalue weighted by Crippen LogP contribution is -2.54. The van der Waals surface area contributed by atoms with Gasteiger partial charge in [-0.2, -0.15) is 0 Å². The molecule has 10 heteroatoms. The van der Waals surface area contributed by atoms with Crippen molar-refractivity contribution in [1.82, 2.24) is 15.5 Å². The molecule has 2 aromatic carbocycles. The molecule has 228 valence electrons. The van der Waals surface area contributed by atoms with Crippen molar-refractivity contribution in [3.05, 3.63) is 65.2 Å². The lowest BCUT2D eigenvalue weighted by Gasteiger charge is -2.35. The van der Waals surface area contributed by atoms with Crippen molar-refractivity contribution < 1.29 is 33.8 Å². The topological polar surface area (TPSA) is 134 Å². The van der Waals surface area contributed by atoms with Gasteiger partial charge in [0, 0.05) is 19.0 Å². The van der Waals surface area contributed by atoms with E-state index in [4.69, 9.17) is 9.47 Å². The highest BCUT2D eigenvalue weighted by molar-refractivity contribution is 5.93. The van der Waals surface area contributed by atoms with Gasteiger partial charge in [0.15, 0.2) is 0 Å². The number of aromatic hydroxyl groups is 1. The van der Waals surface area contributed by atoms with Crippen LogP contribution in [0, 0.1) is 0 Å². The number of benzene rings is 2. The second-order valence-corrected chi connectivity index (χ2v) is 11.4. The lowest BCUT2D eigenvalue weighted by molar-refractivity contribution is -0.144. The number of hydrogen-bond donors (Lipinski definition) is 3. The van der Waals surface area contributed by atoms with Gasteiger partial charge in [-0.05, 0) is 75.8 Å². The van der Waals surface area contributed by atoms with Crippen LogP contribution >= 0.6 is 0 Å². The van der Waals surface area contributed by atoms with Crippen molar-refractivity contribution in [2.75, 3.05) is 13.2 Å². The Morgan fingerprint density at radius 1 is 0.976 bits per heavy atom. The molecule has 0 heterocycles. The number of phenolic OH excluding ortho intramolecular Hbond substituents is 1. The van der Waals surface area contributed by atoms with Gasteiger partial charge in [0.05, 0.1) is 13.0 Å². The van der Waals surface area contributed by atoms with Crippen molar-refractivity contribution in [3.63, 3.8) is 0 Å². The maximum atomic E-state index is 14.4. The lowest BCUT2D eigenvalue weighted by atomic mass is 9.98. The summed E-state index contributed by atoms with van der Waals surface area (Å²) in [6.07, 6.45) is 1.61. The van der Waals surface area contributed by atoms with Crippen LogP contribution in [0.4, 0.5) is 4.79 Å². The number of alkyl carbamates (subject to hydrolysis) is 1. The molecule has 10 nitrogen and oxygen atoms in total. The maximum absolute atomic E-state index is 14.4. The van der Waals surface area contributed by atoms with E-state index in [0.717, 1.165) is 12.0 Å². The highest BCUT2D eigenvalue weighted by Crippen LogP contribution is 2.36. The summed E-state index contributed by atoms with van der Waals surface area (Å²) in [4.78, 5) is 54.4. The number of ether oxygens (including phenoxy) is 2. The van der Waals surface area contributed by atoms with Crippen LogP contribution < -0.4 is 10.6 Å². The second kappa shape index (κ2) is 14.7. The first kappa shape index (κ1) is 32.4. The minimum absolute atomic E-state index is 0.00211. The summed E-state index contributed by atoms with van der Waals surface area (Å²) in [7, 11) is 0. The molecule has 2 unspecified atom stereocenters. The summed E-state index contributed by atoms with van der Waals surface area (Å²) < 4.78 is 10.4. The normalized spacial score (nSPS) is 14.3. The molecule has 0 saturated heterocycles. The fourth-order valence-corrected chi connectivity index (χ4v) is 4.56. The summed E-state index contributed by atoms with van der Waals surface area (Å²) in [6, 6.07) is 11.7. The molecule has 0 spiro atoms. The Morgan fingerprint density at radius 3 is 2.14 bits per heavy atom. The van der Waals surface area contributed by atoms with Crippen LogP contribution in [0.5, 0.6) is 5.75 Å². The molecule has 2 atom stereocenters. The van der Waals surface area contributed by atoms with E-state index in [1.54, 1.807) is 44.7 Å². The largest absolute Gasteiger partial charge is 0.508 e. The molecule has 0 aromatic heterocycles. The Labute approximate surface area is 247 Å². The number of hydrogen-bond acceptors (Lipinski definition) is 7. The predicted octanol–water partition coefficient (Wildman–Crippen LogP) is 4.19. The standard InChI is InChI=1S/C32H43N3O7/c1-6-21-8-12-23(13-9-21)28(29(38)33-19-18-27(37)41-7-2)35(24-14-15-24)30(39)26(34-31(40)42-32(3,4)5)20-22-10-16-25(36)17-11-22/h8-13,16-17,24,26,28,36H,6-7,14-15,18-20H2,1-5H3,(H,33,38)(H,34,40). The van der Waals surface area contributed by atoms with Gasteiger partial charge in [0.1, 0.15) is 23.4 Å². The van der Waals surface area contributed by atoms with E-state index in [9.17, 15) is 24.3 Å². The molecular formula is C32H43N3O7. The summed E-state index contributed by atoms with van der Waals surface area (Å²) >= 11 is 0. The number of esters is 1. The molecule has 3 amide bonds. The van der Waals surface area contributed by atoms with E-state index in [1.807, 2.05) is 31.2 Å². The average Bonchev–Trinajstić information content (AvgIpc) is 3.76. The van der Waals surface area contributed by atoms with Gasteiger partial charge < -0.3 is 30.1 Å². The van der Waals surface area contributed by atoms with Gasteiger partial charge in [-0.15, -0.1) is 0 Å². The van der Waals surface area contributed by atoms with E-state index in [1.165, 1.54) is 12.1 Å². The minimum atomic E-state index is -1.05. The maximum Gasteiger partial charge on any atom is 0.408 e. The monoisotopic (exact) mass is 581 g/mol. The number of rotatable bonds is 13. The van der Waals surface area contributed by atoms with Gasteiger partial charge in [0.2, 0.25) is 11.8 Å². The smallest absolute Gasteiger partial charge is 0.408 e. The number of amides is 3. The van der Waals surface area contributed by atoms with Crippen molar-refractivity contribution in [2.24, 2.45) is 0 Å². The number of nitrogens with zero attached hydrogens (tertiary/aromatic N) is 1. The fraction of sp³-hybridized carbons (Fsp3) is 0.500. The second-order valence-electron chi connectivity index (χ2n) is 11.4. The zero-order chi connectivity index (χ0) is 30.9. The zero-order valence-electron chi connectivity index (χ0n) is 25.1. The van der Waals surface area contributed by atoms with Crippen LogP contribution in [-0.4, -0.2) is 64.7 Å². The number of carbonyl (C=O) groups excluding carboxylic acids is 4. The summed E-state index contributed by atoms with van der Waals surface area (Å²) in [6.45, 7) is 9.25. The van der Waals surface area contributed by atoms with Gasteiger partial charge in [-0.25, -0.2) is 4.79 Å². The highest BCUT2D eigenvalue weighted by Gasteiger charge is 2.44. The van der Waals surface area contributed by atoms with Crippen LogP contribution in [0.1, 0.15) is 76.6 Å². The van der Waals surface area contributed by atoms with Crippen LogP contribution in [0.25, 0.3) is 0 Å². The molecule has 0 radical (unpaired) electrons. The Morgan fingerprint density at radius 2 is 1.60 bits per heavy atom. The van der Waals surface area contributed by atoms with Crippen LogP contribution in [-0.2, 0) is 36.7 Å². The van der Waals surface area contributed by atoms with Crippen molar-refractivity contribution >= 4 is 23.9 Å². The quantitative estimate of drug-likeness (QED) is 0.302. The molecule has 1 aliphatic rings. The Hall–Kier alpha value is -4.08. The molecule has 1 fully saturated rings. The van der Waals surface area contributed by atoms with Gasteiger partial charge >= 0.3 is 12.1 Å². The summed E-state index contributed by atoms with van der Waals surface area (Å²) in [5, 5.41) is 15.3. The Kier molecular flexibility index (Phi) is 11.4. The predicted molar refractivity (Wildman–Crippen MR) is 158 cm³/mol. The van der Waals surface area contributed by atoms with Crippen molar-refractivity contribution in [3.8, 4) is 5.75 Å². The molecule has 0 bridgehead atoms. The third kappa shape index (κ3) is 9.78. The average molecular weight is 582 g/mol. The van der Waals surface area contributed by atoms with Crippen molar-refractivity contribution in [2.45, 2.75) is 90.4 Å². The van der Waals surface area contributed by atoms with Crippen LogP contribution in [0.2, 0.25) is 0 Å². The third-order valence-electron chi connectivity index (χ3n) is 6.72. The van der Waals surface area contributed by atoms with Crippen molar-refractivity contribution in [1.29, 1.82) is 0 Å². The molecule has 3 N–H and O–H groups in total. The zero-order valence-corrected chi connectivity index (χ0v) is 25.1. The van der Waals surface area contributed by atoms with Crippen LogP contribution in [0.15, 0.2) is 48.5 Å². The Bertz CT molecular complexity index is 1220. The molecule has 1 aliphatic carbocycles. The fourth-order valence-electron chi connectivity index (χ4n) is 4.56. The summed E-state index contributed by atoms with van der Waals surface area (Å²) in [5.41, 5.74) is 1.64. The van der Waals surface area contributed by atoms with E-state index >= 15 is 0 Å². The van der Waals surface area contributed by atoms with E-state index in [2.05, 4.69) is 10.6 Å². The molecule has 3 rings (SSSR count). The first-order chi connectivity index (χ1) is 19.9. The van der Waals surface area contributed by atoms with Gasteiger partial charge in [-0.3, -0.25) is 14.4 Å². The molecule has 1 saturated carbocycles. The Balaban J connectivity index is 1.96. The highest BCUT2D eigenvalue weighted by atomic mass is 16.6. The van der Waals surface area contributed by atoms with Crippen LogP contribution in [0.3, 0.4) is 0 Å². The molecule has 0 aliphatic heterocycles. The van der Waals surface area contributed by atoms with Gasteiger partial charge in [0.25, 0.3) is 0 Å². The molecule has 42 heavy (non-hydrogen) atoms. The van der Waals surface area contributed by atoms with E-state index < -0.39 is 41.6 Å². The number of aryl methyl sites for hydroxylation is 1. The first-order valence-corrected chi connectivity index (χ1v) is 14.5. The SMILES string of the molecule is CCOC(=O)CCNC(=O)C(c1ccc(CC)cc1)N(C(=O)C(Cc1ccc(O)cc1)NC(=O)OC(C)(C)C)C1CC1. The first-order valence-electron chi connectivity index (χ1n) is 14.5. The number of phenols is 1. The minimum Gasteiger partial charge on any atom is -0.508 e. The van der Waals surface area contributed by atoms with E-state index in [-0.39, 0.29) is 37.8 Å². The number of carbonyl (C=O) groups is 4. The van der Waals surface area contributed by atoms with E-state index in [0.29, 0.717) is 24.0 Å². The third-order valence-corrected chi connectivity index (χ3v) is 6.72. The van der Waals surface area contributed by atoms with Gasteiger partial charge in [-0.1, -0.05) is 43.3 Å².